The van der Waals surface area contributed by atoms with Crippen LogP contribution in [0.2, 0.25) is 0 Å². The Morgan fingerprint density at radius 2 is 1.61 bits per heavy atom. The number of hydrogen-bond acceptors (Lipinski definition) is 1. The fourth-order valence-corrected chi connectivity index (χ4v) is 2.35. The van der Waals surface area contributed by atoms with Gasteiger partial charge in [0.15, 0.2) is 0 Å². The van der Waals surface area contributed by atoms with Crippen LogP contribution in [0.15, 0.2) is 54.6 Å². The van der Waals surface area contributed by atoms with Crippen LogP contribution in [0, 0.1) is 3.57 Å². The molecule has 0 heterocycles. The highest BCUT2D eigenvalue weighted by Crippen LogP contribution is 2.26. The Morgan fingerprint density at radius 1 is 1.00 bits per heavy atom. The highest BCUT2D eigenvalue weighted by molar-refractivity contribution is 14.1. The predicted molar refractivity (Wildman–Crippen MR) is 83.5 cm³/mol. The molecule has 0 bridgehead atoms. The third-order valence-corrected chi connectivity index (χ3v) is 3.93. The molecule has 2 aromatic carbocycles. The van der Waals surface area contributed by atoms with Gasteiger partial charge in [0.2, 0.25) is 0 Å². The zero-order chi connectivity index (χ0) is 13.0. The zero-order valence-corrected chi connectivity index (χ0v) is 12.6. The van der Waals surface area contributed by atoms with Crippen LogP contribution in [0.4, 0.5) is 0 Å². The van der Waals surface area contributed by atoms with E-state index in [1.165, 1.54) is 9.13 Å². The van der Waals surface area contributed by atoms with Gasteiger partial charge in [-0.05, 0) is 65.6 Å². The predicted octanol–water partition coefficient (Wildman–Crippen LogP) is 4.13. The molecule has 0 aromatic heterocycles. The summed E-state index contributed by atoms with van der Waals surface area (Å²) in [5, 5.41) is 10.5. The molecule has 0 fully saturated rings. The van der Waals surface area contributed by atoms with Gasteiger partial charge in [-0.15, -0.1) is 0 Å². The first-order valence-electron chi connectivity index (χ1n) is 6.10. The van der Waals surface area contributed by atoms with Crippen LogP contribution in [0.5, 0.6) is 0 Å². The summed E-state index contributed by atoms with van der Waals surface area (Å²) in [6.45, 7) is 1.89. The monoisotopic (exact) mass is 352 g/mol. The standard InChI is InChI=1S/C16H17IO/c1-16(18,14-7-9-15(17)10-8-14)12-11-13-5-3-2-4-6-13/h2-10,18H,11-12H2,1H3. The molecule has 2 aromatic rings. The second kappa shape index (κ2) is 5.85. The molecule has 0 aliphatic heterocycles. The summed E-state index contributed by atoms with van der Waals surface area (Å²) in [5.74, 6) is 0. The minimum atomic E-state index is -0.764. The van der Waals surface area contributed by atoms with Crippen LogP contribution in [0.1, 0.15) is 24.5 Å². The molecule has 0 saturated carbocycles. The van der Waals surface area contributed by atoms with Crippen LogP contribution in [-0.4, -0.2) is 5.11 Å². The van der Waals surface area contributed by atoms with Crippen LogP contribution >= 0.6 is 22.6 Å². The minimum Gasteiger partial charge on any atom is -0.385 e. The van der Waals surface area contributed by atoms with Gasteiger partial charge in [0.1, 0.15) is 0 Å². The fraction of sp³-hybridized carbons (Fsp3) is 0.250. The topological polar surface area (TPSA) is 20.2 Å². The molecule has 0 spiro atoms. The number of halogens is 1. The third-order valence-electron chi connectivity index (χ3n) is 3.21. The number of aliphatic hydroxyl groups is 1. The van der Waals surface area contributed by atoms with E-state index in [1.54, 1.807) is 0 Å². The summed E-state index contributed by atoms with van der Waals surface area (Å²) >= 11 is 2.27. The largest absolute Gasteiger partial charge is 0.385 e. The maximum Gasteiger partial charge on any atom is 0.0871 e. The molecule has 2 rings (SSSR count). The van der Waals surface area contributed by atoms with Gasteiger partial charge >= 0.3 is 0 Å². The van der Waals surface area contributed by atoms with E-state index in [-0.39, 0.29) is 0 Å². The highest BCUT2D eigenvalue weighted by Gasteiger charge is 2.22. The zero-order valence-electron chi connectivity index (χ0n) is 10.4. The first kappa shape index (κ1) is 13.6. The van der Waals surface area contributed by atoms with Gasteiger partial charge in [-0.2, -0.15) is 0 Å². The van der Waals surface area contributed by atoms with Crippen LogP contribution in [-0.2, 0) is 12.0 Å². The fourth-order valence-electron chi connectivity index (χ4n) is 1.99. The highest BCUT2D eigenvalue weighted by atomic mass is 127. The van der Waals surface area contributed by atoms with E-state index in [9.17, 15) is 5.11 Å². The Morgan fingerprint density at radius 3 is 2.22 bits per heavy atom. The lowest BCUT2D eigenvalue weighted by atomic mass is 9.89. The Kier molecular flexibility index (Phi) is 4.40. The average molecular weight is 352 g/mol. The summed E-state index contributed by atoms with van der Waals surface area (Å²) in [6, 6.07) is 18.4. The number of aryl methyl sites for hydroxylation is 1. The average Bonchev–Trinajstić information content (AvgIpc) is 2.38. The van der Waals surface area contributed by atoms with Crippen molar-refractivity contribution in [3.05, 3.63) is 69.3 Å². The summed E-state index contributed by atoms with van der Waals surface area (Å²) < 4.78 is 1.19. The van der Waals surface area contributed by atoms with Crippen LogP contribution in [0.25, 0.3) is 0 Å². The normalized spacial score (nSPS) is 14.2. The van der Waals surface area contributed by atoms with E-state index in [1.807, 2.05) is 49.4 Å². The van der Waals surface area contributed by atoms with E-state index in [0.29, 0.717) is 0 Å². The van der Waals surface area contributed by atoms with Gasteiger partial charge in [-0.1, -0.05) is 42.5 Å². The lowest BCUT2D eigenvalue weighted by Crippen LogP contribution is -2.21. The van der Waals surface area contributed by atoms with Crippen molar-refractivity contribution in [1.82, 2.24) is 0 Å². The first-order valence-corrected chi connectivity index (χ1v) is 7.18. The van der Waals surface area contributed by atoms with Crippen molar-refractivity contribution in [3.8, 4) is 0 Å². The Labute approximate surface area is 122 Å². The van der Waals surface area contributed by atoms with Gasteiger partial charge in [0.05, 0.1) is 5.60 Å². The van der Waals surface area contributed by atoms with Crippen LogP contribution in [0.3, 0.4) is 0 Å². The number of rotatable bonds is 4. The van der Waals surface area contributed by atoms with E-state index in [0.717, 1.165) is 18.4 Å². The minimum absolute atomic E-state index is 0.734. The van der Waals surface area contributed by atoms with Crippen molar-refractivity contribution in [1.29, 1.82) is 0 Å². The number of benzene rings is 2. The Balaban J connectivity index is 2.05. The van der Waals surface area contributed by atoms with Gasteiger partial charge in [0.25, 0.3) is 0 Å². The van der Waals surface area contributed by atoms with E-state index >= 15 is 0 Å². The smallest absolute Gasteiger partial charge is 0.0871 e. The lowest BCUT2D eigenvalue weighted by Gasteiger charge is -2.24. The quantitative estimate of drug-likeness (QED) is 0.821. The number of hydrogen-bond donors (Lipinski definition) is 1. The molecule has 1 nitrogen and oxygen atoms in total. The molecule has 0 aliphatic rings. The molecule has 2 heteroatoms. The Bertz CT molecular complexity index is 488. The second-order valence-electron chi connectivity index (χ2n) is 4.77. The molecule has 0 aliphatic carbocycles. The molecule has 0 saturated heterocycles. The van der Waals surface area contributed by atoms with Gasteiger partial charge in [-0.25, -0.2) is 0 Å². The van der Waals surface area contributed by atoms with Crippen molar-refractivity contribution in [2.75, 3.05) is 0 Å². The maximum absolute atomic E-state index is 10.5. The van der Waals surface area contributed by atoms with Gasteiger partial charge < -0.3 is 5.11 Å². The molecule has 1 atom stereocenters. The summed E-state index contributed by atoms with van der Waals surface area (Å²) in [7, 11) is 0. The van der Waals surface area contributed by atoms with E-state index < -0.39 is 5.60 Å². The molecule has 18 heavy (non-hydrogen) atoms. The van der Waals surface area contributed by atoms with Crippen molar-refractivity contribution in [2.45, 2.75) is 25.4 Å². The van der Waals surface area contributed by atoms with Gasteiger partial charge in [-0.3, -0.25) is 0 Å². The Hall–Kier alpha value is -0.870. The summed E-state index contributed by atoms with van der Waals surface area (Å²) in [5.41, 5.74) is 1.49. The summed E-state index contributed by atoms with van der Waals surface area (Å²) in [6.07, 6.45) is 1.62. The first-order chi connectivity index (χ1) is 8.58. The SMILES string of the molecule is CC(O)(CCc1ccccc1)c1ccc(I)cc1. The van der Waals surface area contributed by atoms with Crippen LogP contribution < -0.4 is 0 Å². The molecule has 1 unspecified atom stereocenters. The molecule has 1 N–H and O–H groups in total. The van der Waals surface area contributed by atoms with E-state index in [2.05, 4.69) is 34.7 Å². The molecule has 94 valence electrons. The third kappa shape index (κ3) is 3.56. The maximum atomic E-state index is 10.5. The molecular weight excluding hydrogens is 335 g/mol. The lowest BCUT2D eigenvalue weighted by molar-refractivity contribution is 0.0480. The molecule has 0 amide bonds. The van der Waals surface area contributed by atoms with E-state index in [4.69, 9.17) is 0 Å². The van der Waals surface area contributed by atoms with Gasteiger partial charge in [0, 0.05) is 3.57 Å². The van der Waals surface area contributed by atoms with Crippen molar-refractivity contribution >= 4 is 22.6 Å². The molecular formula is C16H17IO. The second-order valence-corrected chi connectivity index (χ2v) is 6.01. The van der Waals surface area contributed by atoms with Crippen molar-refractivity contribution in [3.63, 3.8) is 0 Å². The summed E-state index contributed by atoms with van der Waals surface area (Å²) in [4.78, 5) is 0. The molecule has 0 radical (unpaired) electrons. The van der Waals surface area contributed by atoms with Crippen molar-refractivity contribution < 1.29 is 5.11 Å². The van der Waals surface area contributed by atoms with Crippen molar-refractivity contribution in [2.24, 2.45) is 0 Å².